The van der Waals surface area contributed by atoms with Crippen molar-refractivity contribution in [3.63, 3.8) is 0 Å². The lowest BCUT2D eigenvalue weighted by Gasteiger charge is -2.03. The van der Waals surface area contributed by atoms with E-state index in [4.69, 9.17) is 4.52 Å². The zero-order valence-electron chi connectivity index (χ0n) is 6.13. The zero-order valence-corrected chi connectivity index (χ0v) is 7.02. The van der Waals surface area contributed by atoms with Gasteiger partial charge in [0.1, 0.15) is 5.60 Å². The Labute approximate surface area is 61.4 Å². The molecule has 0 amide bonds. The molecule has 1 atom stereocenters. The van der Waals surface area contributed by atoms with Gasteiger partial charge in [0.25, 0.3) is 0 Å². The summed E-state index contributed by atoms with van der Waals surface area (Å²) in [6.07, 6.45) is 3.41. The maximum absolute atomic E-state index is 11.0. The normalized spacial score (nSPS) is 26.2. The van der Waals surface area contributed by atoms with Crippen LogP contribution in [-0.4, -0.2) is 5.60 Å². The summed E-state index contributed by atoms with van der Waals surface area (Å²) < 4.78 is 16.1. The highest BCUT2D eigenvalue weighted by Crippen LogP contribution is 2.46. The van der Waals surface area contributed by atoms with Crippen molar-refractivity contribution in [1.29, 1.82) is 0 Å². The summed E-state index contributed by atoms with van der Waals surface area (Å²) in [5.74, 6) is 0. The number of rotatable bonds is 1. The quantitative estimate of drug-likeness (QED) is 0.547. The number of hydrogen-bond acceptors (Lipinski definition) is 2. The van der Waals surface area contributed by atoms with Crippen LogP contribution in [0.15, 0.2) is 24.0 Å². The van der Waals surface area contributed by atoms with E-state index >= 15 is 0 Å². The maximum Gasteiger partial charge on any atom is 0.549 e. The van der Waals surface area contributed by atoms with Crippen molar-refractivity contribution >= 4 is 8.03 Å². The van der Waals surface area contributed by atoms with Crippen molar-refractivity contribution in [2.75, 3.05) is 0 Å². The SMILES string of the molecule is C=CC1=CC(C)(C)O[P+]1=O. The smallest absolute Gasteiger partial charge is 0.131 e. The van der Waals surface area contributed by atoms with Gasteiger partial charge in [0, 0.05) is 6.08 Å². The molecule has 3 heteroatoms. The minimum absolute atomic E-state index is 0.378. The fourth-order valence-corrected chi connectivity index (χ4v) is 1.99. The lowest BCUT2D eigenvalue weighted by atomic mass is 10.1. The molecule has 0 radical (unpaired) electrons. The summed E-state index contributed by atoms with van der Waals surface area (Å²) in [4.78, 5) is 0. The van der Waals surface area contributed by atoms with Crippen molar-refractivity contribution in [2.24, 2.45) is 0 Å². The second kappa shape index (κ2) is 2.30. The largest absolute Gasteiger partial charge is 0.549 e. The Bertz CT molecular complexity index is 216. The first-order chi connectivity index (χ1) is 4.55. The van der Waals surface area contributed by atoms with Gasteiger partial charge >= 0.3 is 8.03 Å². The van der Waals surface area contributed by atoms with E-state index in [9.17, 15) is 4.57 Å². The third kappa shape index (κ3) is 1.34. The summed E-state index contributed by atoms with van der Waals surface area (Å²) in [5, 5.41) is 0.708. The molecule has 0 saturated carbocycles. The minimum atomic E-state index is -1.62. The second-order valence-electron chi connectivity index (χ2n) is 2.73. The van der Waals surface area contributed by atoms with E-state index in [1.165, 1.54) is 0 Å². The lowest BCUT2D eigenvalue weighted by Crippen LogP contribution is -2.12. The Hall–Kier alpha value is -0.460. The summed E-state index contributed by atoms with van der Waals surface area (Å²) in [6.45, 7) is 7.27. The van der Waals surface area contributed by atoms with Gasteiger partial charge in [-0.15, -0.1) is 4.52 Å². The molecule has 0 aromatic carbocycles. The van der Waals surface area contributed by atoms with Crippen LogP contribution in [-0.2, 0) is 9.09 Å². The van der Waals surface area contributed by atoms with Gasteiger partial charge in [0.2, 0.25) is 5.31 Å². The van der Waals surface area contributed by atoms with Gasteiger partial charge in [-0.1, -0.05) is 6.58 Å². The van der Waals surface area contributed by atoms with Gasteiger partial charge < -0.3 is 0 Å². The standard InChI is InChI=1S/C7H10O2P/c1-4-6-5-7(2,3)9-10(6)8/h4-5H,1H2,2-3H3/q+1. The van der Waals surface area contributed by atoms with Crippen LogP contribution in [0.4, 0.5) is 0 Å². The van der Waals surface area contributed by atoms with Crippen molar-refractivity contribution in [3.05, 3.63) is 24.0 Å². The number of allylic oxidation sites excluding steroid dienone is 2. The summed E-state index contributed by atoms with van der Waals surface area (Å²) >= 11 is 0. The molecule has 0 saturated heterocycles. The Kier molecular flexibility index (Phi) is 1.76. The van der Waals surface area contributed by atoms with Crippen molar-refractivity contribution in [3.8, 4) is 0 Å². The molecule has 0 N–H and O–H groups in total. The zero-order chi connectivity index (χ0) is 7.78. The van der Waals surface area contributed by atoms with Crippen LogP contribution in [0.5, 0.6) is 0 Å². The first-order valence-corrected chi connectivity index (χ1v) is 4.24. The van der Waals surface area contributed by atoms with Gasteiger partial charge in [-0.25, -0.2) is 0 Å². The second-order valence-corrected chi connectivity index (χ2v) is 3.94. The van der Waals surface area contributed by atoms with E-state index in [1.807, 2.05) is 19.9 Å². The molecule has 2 nitrogen and oxygen atoms in total. The van der Waals surface area contributed by atoms with E-state index in [0.29, 0.717) is 5.31 Å². The van der Waals surface area contributed by atoms with Crippen molar-refractivity contribution in [2.45, 2.75) is 19.4 Å². The van der Waals surface area contributed by atoms with Crippen LogP contribution in [0.2, 0.25) is 0 Å². The monoisotopic (exact) mass is 157 g/mol. The van der Waals surface area contributed by atoms with Gasteiger partial charge in [0.05, 0.1) is 0 Å². The van der Waals surface area contributed by atoms with Crippen LogP contribution >= 0.6 is 8.03 Å². The van der Waals surface area contributed by atoms with Crippen LogP contribution in [0, 0.1) is 0 Å². The summed E-state index contributed by atoms with van der Waals surface area (Å²) in [5.41, 5.74) is -0.378. The van der Waals surface area contributed by atoms with E-state index in [1.54, 1.807) is 6.08 Å². The Balaban J connectivity index is 2.93. The molecule has 54 valence electrons. The Morgan fingerprint density at radius 2 is 2.40 bits per heavy atom. The van der Waals surface area contributed by atoms with E-state index in [0.717, 1.165) is 0 Å². The fourth-order valence-electron chi connectivity index (χ4n) is 0.835. The highest BCUT2D eigenvalue weighted by atomic mass is 31.1. The highest BCUT2D eigenvalue weighted by Gasteiger charge is 2.41. The third-order valence-corrected chi connectivity index (χ3v) is 2.60. The average molecular weight is 157 g/mol. The lowest BCUT2D eigenvalue weighted by molar-refractivity contribution is 0.188. The topological polar surface area (TPSA) is 26.3 Å². The molecule has 1 heterocycles. The molecule has 1 unspecified atom stereocenters. The predicted octanol–water partition coefficient (Wildman–Crippen LogP) is 2.61. The highest BCUT2D eigenvalue weighted by molar-refractivity contribution is 7.45. The predicted molar refractivity (Wildman–Crippen MR) is 41.1 cm³/mol. The van der Waals surface area contributed by atoms with Crippen LogP contribution < -0.4 is 0 Å². The molecular weight excluding hydrogens is 147 g/mol. The van der Waals surface area contributed by atoms with Crippen LogP contribution in [0.1, 0.15) is 13.8 Å². The molecule has 0 aromatic rings. The fraction of sp³-hybridized carbons (Fsp3) is 0.429. The molecule has 0 aromatic heterocycles. The van der Waals surface area contributed by atoms with Crippen molar-refractivity contribution < 1.29 is 9.09 Å². The Morgan fingerprint density at radius 1 is 1.80 bits per heavy atom. The first-order valence-electron chi connectivity index (χ1n) is 3.07. The molecule has 0 bridgehead atoms. The third-order valence-electron chi connectivity index (χ3n) is 1.23. The summed E-state index contributed by atoms with van der Waals surface area (Å²) in [6, 6.07) is 0. The molecule has 0 spiro atoms. The molecule has 0 fully saturated rings. The molecule has 1 aliphatic rings. The molecular formula is C7H10O2P+. The molecule has 1 rings (SSSR count). The van der Waals surface area contributed by atoms with E-state index in [-0.39, 0.29) is 5.60 Å². The Morgan fingerprint density at radius 3 is 2.60 bits per heavy atom. The van der Waals surface area contributed by atoms with E-state index in [2.05, 4.69) is 6.58 Å². The van der Waals surface area contributed by atoms with E-state index < -0.39 is 8.03 Å². The van der Waals surface area contributed by atoms with Gasteiger partial charge in [0.15, 0.2) is 0 Å². The molecule has 10 heavy (non-hydrogen) atoms. The first kappa shape index (κ1) is 7.64. The van der Waals surface area contributed by atoms with Gasteiger partial charge in [-0.05, 0) is 24.5 Å². The van der Waals surface area contributed by atoms with Gasteiger partial charge in [-0.3, -0.25) is 0 Å². The summed E-state index contributed by atoms with van der Waals surface area (Å²) in [7, 11) is -1.62. The average Bonchev–Trinajstić information content (AvgIpc) is 2.05. The van der Waals surface area contributed by atoms with Gasteiger partial charge in [-0.2, -0.15) is 0 Å². The van der Waals surface area contributed by atoms with Crippen LogP contribution in [0.3, 0.4) is 0 Å². The maximum atomic E-state index is 11.0. The molecule has 1 aliphatic heterocycles. The minimum Gasteiger partial charge on any atom is -0.131 e. The van der Waals surface area contributed by atoms with Crippen molar-refractivity contribution in [1.82, 2.24) is 0 Å². The molecule has 0 aliphatic carbocycles. The van der Waals surface area contributed by atoms with Crippen LogP contribution in [0.25, 0.3) is 0 Å². The number of hydrogen-bond donors (Lipinski definition) is 0.